The van der Waals surface area contributed by atoms with Gasteiger partial charge in [-0.25, -0.2) is 4.39 Å². The van der Waals surface area contributed by atoms with Crippen LogP contribution < -0.4 is 0 Å². The Morgan fingerprint density at radius 2 is 1.65 bits per heavy atom. The first kappa shape index (κ1) is 11.6. The van der Waals surface area contributed by atoms with Crippen molar-refractivity contribution in [2.24, 2.45) is 0 Å². The Morgan fingerprint density at radius 1 is 1.00 bits per heavy atom. The molecule has 0 N–H and O–H groups in total. The summed E-state index contributed by atoms with van der Waals surface area (Å²) in [6, 6.07) is 16.8. The van der Waals surface area contributed by atoms with Crippen molar-refractivity contribution in [1.82, 2.24) is 0 Å². The van der Waals surface area contributed by atoms with E-state index >= 15 is 0 Å². The molecule has 0 fully saturated rings. The highest BCUT2D eigenvalue weighted by Crippen LogP contribution is 2.21. The molecule has 2 aromatic rings. The third-order valence-electron chi connectivity index (χ3n) is 2.74. The molecule has 0 bridgehead atoms. The molecule has 1 heteroatoms. The van der Waals surface area contributed by atoms with E-state index in [1.165, 1.54) is 23.3 Å². The van der Waals surface area contributed by atoms with Crippen LogP contribution in [0.2, 0.25) is 0 Å². The lowest BCUT2D eigenvalue weighted by Gasteiger charge is -2.05. The largest absolute Gasteiger partial charge is 0.207 e. The standard InChI is InChI=1S/C16H15F/c1-2-14(15-6-4-3-5-7-15)12-13-8-10-16(17)11-9-13/h3-12H,2H2,1H3. The highest BCUT2D eigenvalue weighted by Gasteiger charge is 1.98. The fourth-order valence-corrected chi connectivity index (χ4v) is 1.80. The van der Waals surface area contributed by atoms with Gasteiger partial charge in [-0.2, -0.15) is 0 Å². The topological polar surface area (TPSA) is 0 Å². The van der Waals surface area contributed by atoms with Crippen molar-refractivity contribution in [3.63, 3.8) is 0 Å². The maximum absolute atomic E-state index is 12.8. The maximum Gasteiger partial charge on any atom is 0.123 e. The van der Waals surface area contributed by atoms with E-state index in [-0.39, 0.29) is 5.82 Å². The van der Waals surface area contributed by atoms with E-state index in [0.717, 1.165) is 12.0 Å². The van der Waals surface area contributed by atoms with E-state index in [0.29, 0.717) is 0 Å². The molecule has 0 aromatic heterocycles. The third kappa shape index (κ3) is 3.04. The fraction of sp³-hybridized carbons (Fsp3) is 0.125. The number of hydrogen-bond donors (Lipinski definition) is 0. The Balaban J connectivity index is 2.33. The van der Waals surface area contributed by atoms with Crippen LogP contribution in [-0.4, -0.2) is 0 Å². The SMILES string of the molecule is CCC(=Cc1ccc(F)cc1)c1ccccc1. The van der Waals surface area contributed by atoms with Crippen molar-refractivity contribution in [2.45, 2.75) is 13.3 Å². The molecule has 0 radical (unpaired) electrons. The van der Waals surface area contributed by atoms with Gasteiger partial charge in [-0.15, -0.1) is 0 Å². The number of hydrogen-bond acceptors (Lipinski definition) is 0. The summed E-state index contributed by atoms with van der Waals surface area (Å²) < 4.78 is 12.8. The summed E-state index contributed by atoms with van der Waals surface area (Å²) >= 11 is 0. The molecular formula is C16H15F. The van der Waals surface area contributed by atoms with Gasteiger partial charge < -0.3 is 0 Å². The second-order valence-electron chi connectivity index (χ2n) is 3.94. The predicted molar refractivity (Wildman–Crippen MR) is 71.0 cm³/mol. The van der Waals surface area contributed by atoms with Crippen molar-refractivity contribution in [3.8, 4) is 0 Å². The normalized spacial score (nSPS) is 11.5. The molecule has 0 atom stereocenters. The van der Waals surface area contributed by atoms with Gasteiger partial charge in [0.15, 0.2) is 0 Å². The minimum absolute atomic E-state index is 0.195. The molecule has 0 heterocycles. The summed E-state index contributed by atoms with van der Waals surface area (Å²) in [6.45, 7) is 2.13. The Hall–Kier alpha value is -1.89. The van der Waals surface area contributed by atoms with E-state index < -0.39 is 0 Å². The van der Waals surface area contributed by atoms with Crippen LogP contribution in [0.1, 0.15) is 24.5 Å². The minimum atomic E-state index is -0.195. The molecule has 17 heavy (non-hydrogen) atoms. The second-order valence-corrected chi connectivity index (χ2v) is 3.94. The first-order chi connectivity index (χ1) is 8.29. The monoisotopic (exact) mass is 226 g/mol. The summed E-state index contributed by atoms with van der Waals surface area (Å²) in [7, 11) is 0. The van der Waals surface area contributed by atoms with Crippen LogP contribution in [0.4, 0.5) is 4.39 Å². The molecular weight excluding hydrogens is 211 g/mol. The summed E-state index contributed by atoms with van der Waals surface area (Å²) in [5.41, 5.74) is 3.52. The Morgan fingerprint density at radius 3 is 2.24 bits per heavy atom. The van der Waals surface area contributed by atoms with Gasteiger partial charge in [-0.05, 0) is 35.3 Å². The number of halogens is 1. The van der Waals surface area contributed by atoms with Crippen LogP contribution in [-0.2, 0) is 0 Å². The molecule has 0 nitrogen and oxygen atoms in total. The van der Waals surface area contributed by atoms with E-state index in [1.54, 1.807) is 12.1 Å². The molecule has 0 aliphatic carbocycles. The van der Waals surface area contributed by atoms with Crippen molar-refractivity contribution in [2.75, 3.05) is 0 Å². The summed E-state index contributed by atoms with van der Waals surface area (Å²) in [6.07, 6.45) is 3.07. The first-order valence-corrected chi connectivity index (χ1v) is 5.81. The van der Waals surface area contributed by atoms with Gasteiger partial charge in [0.05, 0.1) is 0 Å². The second kappa shape index (κ2) is 5.44. The minimum Gasteiger partial charge on any atom is -0.207 e. The van der Waals surface area contributed by atoms with Gasteiger partial charge >= 0.3 is 0 Å². The summed E-state index contributed by atoms with van der Waals surface area (Å²) in [5, 5.41) is 0. The quantitative estimate of drug-likeness (QED) is 0.661. The van der Waals surface area contributed by atoms with Crippen LogP contribution in [0.25, 0.3) is 11.6 Å². The summed E-state index contributed by atoms with van der Waals surface area (Å²) in [5.74, 6) is -0.195. The fourth-order valence-electron chi connectivity index (χ4n) is 1.80. The first-order valence-electron chi connectivity index (χ1n) is 5.81. The summed E-state index contributed by atoms with van der Waals surface area (Å²) in [4.78, 5) is 0. The van der Waals surface area contributed by atoms with Crippen LogP contribution in [0.5, 0.6) is 0 Å². The zero-order valence-electron chi connectivity index (χ0n) is 9.86. The lowest BCUT2D eigenvalue weighted by Crippen LogP contribution is -1.83. The highest BCUT2D eigenvalue weighted by molar-refractivity contribution is 5.81. The van der Waals surface area contributed by atoms with Gasteiger partial charge in [0, 0.05) is 0 Å². The molecule has 0 saturated carbocycles. The van der Waals surface area contributed by atoms with E-state index in [1.807, 2.05) is 18.2 Å². The van der Waals surface area contributed by atoms with Crippen LogP contribution >= 0.6 is 0 Å². The molecule has 86 valence electrons. The number of allylic oxidation sites excluding steroid dienone is 1. The number of rotatable bonds is 3. The van der Waals surface area contributed by atoms with Crippen LogP contribution in [0.15, 0.2) is 54.6 Å². The molecule has 0 unspecified atom stereocenters. The van der Waals surface area contributed by atoms with Crippen LogP contribution in [0.3, 0.4) is 0 Å². The van der Waals surface area contributed by atoms with Gasteiger partial charge in [0.1, 0.15) is 5.82 Å². The van der Waals surface area contributed by atoms with Crippen LogP contribution in [0, 0.1) is 5.82 Å². The molecule has 0 aliphatic heterocycles. The predicted octanol–water partition coefficient (Wildman–Crippen LogP) is 4.78. The molecule has 0 spiro atoms. The van der Waals surface area contributed by atoms with Crippen molar-refractivity contribution >= 4 is 11.6 Å². The van der Waals surface area contributed by atoms with E-state index in [4.69, 9.17) is 0 Å². The molecule has 0 aliphatic rings. The molecule has 2 rings (SSSR count). The zero-order valence-corrected chi connectivity index (χ0v) is 9.86. The molecule has 2 aromatic carbocycles. The van der Waals surface area contributed by atoms with Crippen molar-refractivity contribution in [1.29, 1.82) is 0 Å². The van der Waals surface area contributed by atoms with Crippen molar-refractivity contribution in [3.05, 3.63) is 71.5 Å². The van der Waals surface area contributed by atoms with Crippen molar-refractivity contribution < 1.29 is 4.39 Å². The zero-order chi connectivity index (χ0) is 12.1. The van der Waals surface area contributed by atoms with E-state index in [2.05, 4.69) is 25.1 Å². The highest BCUT2D eigenvalue weighted by atomic mass is 19.1. The molecule has 0 saturated heterocycles. The van der Waals surface area contributed by atoms with Gasteiger partial charge in [-0.1, -0.05) is 55.5 Å². The van der Waals surface area contributed by atoms with Gasteiger partial charge in [0.25, 0.3) is 0 Å². The van der Waals surface area contributed by atoms with E-state index in [9.17, 15) is 4.39 Å². The Labute approximate surface area is 101 Å². The third-order valence-corrected chi connectivity index (χ3v) is 2.74. The number of benzene rings is 2. The average molecular weight is 226 g/mol. The Kier molecular flexibility index (Phi) is 3.71. The van der Waals surface area contributed by atoms with Gasteiger partial charge in [-0.3, -0.25) is 0 Å². The molecule has 0 amide bonds. The lowest BCUT2D eigenvalue weighted by atomic mass is 10.0. The lowest BCUT2D eigenvalue weighted by molar-refractivity contribution is 0.628. The Bertz CT molecular complexity index is 495. The van der Waals surface area contributed by atoms with Gasteiger partial charge in [0.2, 0.25) is 0 Å². The maximum atomic E-state index is 12.8. The smallest absolute Gasteiger partial charge is 0.123 e. The average Bonchev–Trinajstić information content (AvgIpc) is 2.39.